The fraction of sp³-hybridized carbons (Fsp3) is 0.250. The molecule has 2 aliphatic heterocycles. The van der Waals surface area contributed by atoms with E-state index in [1.165, 1.54) is 16.7 Å². The van der Waals surface area contributed by atoms with Crippen molar-refractivity contribution in [1.29, 1.82) is 0 Å². The molecule has 180 valence electrons. The lowest BCUT2D eigenvalue weighted by atomic mass is 9.83. The molecule has 3 atom stereocenters. The molecule has 3 aromatic rings. The van der Waals surface area contributed by atoms with Gasteiger partial charge < -0.3 is 14.5 Å². The minimum atomic E-state index is -0.687. The number of amides is 2. The number of nitrogens with zero attached hydrogens (tertiary/aromatic N) is 1. The van der Waals surface area contributed by atoms with E-state index in [0.29, 0.717) is 21.5 Å². The number of thiazole rings is 1. The molecule has 5 rings (SSSR count). The first kappa shape index (κ1) is 23.7. The second-order valence-corrected chi connectivity index (χ2v) is 10.5. The van der Waals surface area contributed by atoms with Crippen molar-refractivity contribution in [3.05, 3.63) is 73.7 Å². The van der Waals surface area contributed by atoms with E-state index in [-0.39, 0.29) is 29.9 Å². The van der Waals surface area contributed by atoms with E-state index >= 15 is 0 Å². The highest BCUT2D eigenvalue weighted by atomic mass is 35.5. The lowest BCUT2D eigenvalue weighted by molar-refractivity contribution is -0.145. The van der Waals surface area contributed by atoms with E-state index in [1.54, 1.807) is 55.5 Å². The number of carbonyl (C=O) groups is 3. The number of hydrogen-bond acceptors (Lipinski definition) is 8. The number of nitrogens with one attached hydrogen (secondary N) is 1. The molecule has 1 aromatic heterocycles. The molecular weight excluding hydrogens is 512 g/mol. The molecule has 0 spiro atoms. The minimum absolute atomic E-state index is 0.218. The molecule has 1 saturated heterocycles. The Morgan fingerprint density at radius 1 is 1.06 bits per heavy atom. The quantitative estimate of drug-likeness (QED) is 0.381. The second kappa shape index (κ2) is 9.52. The van der Waals surface area contributed by atoms with Gasteiger partial charge in [-0.15, -0.1) is 0 Å². The normalized spacial score (nSPS) is 21.0. The highest BCUT2D eigenvalue weighted by Gasteiger charge is 2.56. The van der Waals surface area contributed by atoms with Crippen molar-refractivity contribution in [2.24, 2.45) is 5.92 Å². The van der Waals surface area contributed by atoms with Gasteiger partial charge in [0.15, 0.2) is 6.61 Å². The van der Waals surface area contributed by atoms with Gasteiger partial charge in [0, 0.05) is 15.8 Å². The monoisotopic (exact) mass is 530 g/mol. The molecule has 0 bridgehead atoms. The number of hydrogen-bond donors (Lipinski definition) is 1. The van der Waals surface area contributed by atoms with Gasteiger partial charge in [0.25, 0.3) is 0 Å². The number of imide groups is 1. The molecule has 1 N–H and O–H groups in total. The van der Waals surface area contributed by atoms with Gasteiger partial charge in [-0.1, -0.05) is 46.8 Å². The van der Waals surface area contributed by atoms with Crippen LogP contribution in [0.4, 0.5) is 5.69 Å². The van der Waals surface area contributed by atoms with Crippen molar-refractivity contribution in [2.45, 2.75) is 23.1 Å². The topological polar surface area (TPSA) is 106 Å². The van der Waals surface area contributed by atoms with Gasteiger partial charge in [-0.3, -0.25) is 14.4 Å². The Morgan fingerprint density at radius 3 is 2.46 bits per heavy atom. The van der Waals surface area contributed by atoms with E-state index in [9.17, 15) is 19.2 Å². The van der Waals surface area contributed by atoms with Crippen molar-refractivity contribution >= 4 is 58.2 Å². The number of halogens is 1. The van der Waals surface area contributed by atoms with Crippen LogP contribution in [0.1, 0.15) is 23.3 Å². The largest absolute Gasteiger partial charge is 0.482 e. The Balaban J connectivity index is 1.49. The van der Waals surface area contributed by atoms with E-state index in [2.05, 4.69) is 4.98 Å². The molecule has 1 fully saturated rings. The van der Waals surface area contributed by atoms with Crippen molar-refractivity contribution in [3.8, 4) is 5.75 Å². The Kier molecular flexibility index (Phi) is 6.43. The van der Waals surface area contributed by atoms with Gasteiger partial charge in [-0.2, -0.15) is 0 Å². The van der Waals surface area contributed by atoms with Crippen LogP contribution >= 0.6 is 34.7 Å². The Hall–Kier alpha value is -3.08. The molecule has 0 aliphatic carbocycles. The lowest BCUT2D eigenvalue weighted by Crippen LogP contribution is -2.32. The number of H-pyrrole nitrogens is 1. The molecule has 0 saturated carbocycles. The maximum Gasteiger partial charge on any atom is 0.344 e. The number of ether oxygens (including phenoxy) is 2. The molecule has 0 radical (unpaired) electrons. The second-order valence-electron chi connectivity index (χ2n) is 7.90. The molecule has 3 heterocycles. The molecule has 2 amide bonds. The average molecular weight is 531 g/mol. The van der Waals surface area contributed by atoms with Crippen LogP contribution in [0.3, 0.4) is 0 Å². The summed E-state index contributed by atoms with van der Waals surface area (Å²) in [5, 5.41) is 0.427. The summed E-state index contributed by atoms with van der Waals surface area (Å²) in [4.78, 5) is 55.3. The van der Waals surface area contributed by atoms with Gasteiger partial charge in [0.1, 0.15) is 11.0 Å². The average Bonchev–Trinajstić information content (AvgIpc) is 3.33. The number of esters is 1. The highest BCUT2D eigenvalue weighted by Crippen LogP contribution is 2.53. The number of aromatic amines is 1. The van der Waals surface area contributed by atoms with Crippen LogP contribution in [0.2, 0.25) is 5.02 Å². The number of benzene rings is 2. The van der Waals surface area contributed by atoms with Crippen molar-refractivity contribution < 1.29 is 23.9 Å². The zero-order valence-electron chi connectivity index (χ0n) is 18.4. The van der Waals surface area contributed by atoms with Gasteiger partial charge in [0.2, 0.25) is 11.8 Å². The summed E-state index contributed by atoms with van der Waals surface area (Å²) in [6, 6.07) is 13.5. The maximum atomic E-state index is 13.6. The molecular formula is C24H19ClN2O6S2. The first-order valence-corrected chi connectivity index (χ1v) is 12.9. The van der Waals surface area contributed by atoms with Gasteiger partial charge in [0.05, 0.1) is 23.2 Å². The molecule has 2 aromatic carbocycles. The molecule has 35 heavy (non-hydrogen) atoms. The summed E-state index contributed by atoms with van der Waals surface area (Å²) in [5.74, 6) is -1.84. The maximum absolute atomic E-state index is 13.6. The van der Waals surface area contributed by atoms with Gasteiger partial charge in [-0.25, -0.2) is 9.69 Å². The van der Waals surface area contributed by atoms with E-state index in [0.717, 1.165) is 21.8 Å². The van der Waals surface area contributed by atoms with Crippen molar-refractivity contribution in [3.63, 3.8) is 0 Å². The first-order chi connectivity index (χ1) is 16.9. The van der Waals surface area contributed by atoms with E-state index in [4.69, 9.17) is 21.1 Å². The number of carbonyl (C=O) groups excluding carboxylic acids is 3. The van der Waals surface area contributed by atoms with Crippen LogP contribution in [-0.4, -0.2) is 41.2 Å². The van der Waals surface area contributed by atoms with Crippen LogP contribution < -0.4 is 14.5 Å². The Morgan fingerprint density at radius 2 is 1.77 bits per heavy atom. The van der Waals surface area contributed by atoms with E-state index < -0.39 is 23.1 Å². The van der Waals surface area contributed by atoms with Gasteiger partial charge in [-0.05, 0) is 48.9 Å². The van der Waals surface area contributed by atoms with Crippen molar-refractivity contribution in [1.82, 2.24) is 4.98 Å². The molecule has 2 aliphatic rings. The summed E-state index contributed by atoms with van der Waals surface area (Å²) in [6.45, 7) is 1.77. The summed E-state index contributed by atoms with van der Waals surface area (Å²) < 4.78 is 10.3. The Labute approximate surface area is 213 Å². The van der Waals surface area contributed by atoms with Crippen LogP contribution in [-0.2, 0) is 19.1 Å². The lowest BCUT2D eigenvalue weighted by Gasteiger charge is -2.29. The number of anilines is 1. The predicted molar refractivity (Wildman–Crippen MR) is 132 cm³/mol. The fourth-order valence-corrected chi connectivity index (χ4v) is 6.98. The zero-order valence-corrected chi connectivity index (χ0v) is 20.7. The summed E-state index contributed by atoms with van der Waals surface area (Å²) in [5.41, 5.74) is 1.22. The number of aromatic nitrogens is 1. The third kappa shape index (κ3) is 4.37. The molecule has 8 nitrogen and oxygen atoms in total. The van der Waals surface area contributed by atoms with Gasteiger partial charge >= 0.3 is 10.8 Å². The number of thioether (sulfide) groups is 1. The van der Waals surface area contributed by atoms with Crippen LogP contribution in [0.25, 0.3) is 0 Å². The first-order valence-electron chi connectivity index (χ1n) is 10.8. The smallest absolute Gasteiger partial charge is 0.344 e. The molecule has 0 unspecified atom stereocenters. The standard InChI is InChI=1S/C24H19ClN2O6S2/c1-2-32-16(28)11-33-15-9-3-12(4-10-15)17-18-20(34-21-19(17)35-24(31)26-21)23(30)27(22(18)29)14-7-5-13(25)6-8-14/h3-10,17-18,20H,2,11H2,1H3,(H,26,31)/t17-,18-,20+/m0/s1. The third-order valence-electron chi connectivity index (χ3n) is 5.81. The van der Waals surface area contributed by atoms with Crippen LogP contribution in [0.15, 0.2) is 58.4 Å². The predicted octanol–water partition coefficient (Wildman–Crippen LogP) is 3.83. The minimum Gasteiger partial charge on any atom is -0.482 e. The summed E-state index contributed by atoms with van der Waals surface area (Å²) >= 11 is 8.25. The molecule has 11 heteroatoms. The Bertz CT molecular complexity index is 1350. The van der Waals surface area contributed by atoms with Crippen LogP contribution in [0.5, 0.6) is 5.75 Å². The third-order valence-corrected chi connectivity index (χ3v) is 8.46. The zero-order chi connectivity index (χ0) is 24.7. The number of fused-ring (bicyclic) bond motifs is 2. The highest BCUT2D eigenvalue weighted by molar-refractivity contribution is 8.00. The van der Waals surface area contributed by atoms with Crippen LogP contribution in [0, 0.1) is 5.92 Å². The van der Waals surface area contributed by atoms with E-state index in [1.807, 2.05) is 0 Å². The summed E-state index contributed by atoms with van der Waals surface area (Å²) in [6.07, 6.45) is 0. The number of rotatable bonds is 6. The summed E-state index contributed by atoms with van der Waals surface area (Å²) in [7, 11) is 0. The fourth-order valence-electron chi connectivity index (χ4n) is 4.34. The van der Waals surface area contributed by atoms with Crippen molar-refractivity contribution in [2.75, 3.05) is 18.1 Å². The SMILES string of the molecule is CCOC(=O)COc1ccc([C@@H]2c3sc(=O)[nH]c3S[C@H]3C(=O)N(c4ccc(Cl)cc4)C(=O)[C@@H]23)cc1.